The number of hydrogen-bond donors (Lipinski definition) is 1. The molecule has 0 bridgehead atoms. The summed E-state index contributed by atoms with van der Waals surface area (Å²) >= 11 is -1.35. The number of nitrogens with zero attached hydrogens (tertiary/aromatic N) is 1. The van der Waals surface area contributed by atoms with E-state index in [9.17, 15) is 14.1 Å². The highest BCUT2D eigenvalue weighted by Crippen LogP contribution is 2.37. The Balaban J connectivity index is 3.27. The number of esters is 1. The van der Waals surface area contributed by atoms with Crippen LogP contribution in [0.5, 0.6) is 0 Å². The molecule has 3 atom stereocenters. The maximum Gasteiger partial charge on any atom is 0.410 e. The van der Waals surface area contributed by atoms with Gasteiger partial charge < -0.3 is 18.9 Å². The molecule has 1 heterocycles. The van der Waals surface area contributed by atoms with Gasteiger partial charge in [0.2, 0.25) is 0 Å². The summed E-state index contributed by atoms with van der Waals surface area (Å²) in [6.45, 7) is 15.8. The molecule has 0 aliphatic carbocycles. The minimum atomic E-state index is -1.35. The molecule has 0 aromatic heterocycles. The number of carbonyl (C=O) groups is 2. The van der Waals surface area contributed by atoms with E-state index in [0.717, 1.165) is 12.8 Å². The Morgan fingerprint density at radius 1 is 1.17 bits per heavy atom. The molecule has 0 saturated carbocycles. The lowest BCUT2D eigenvalue weighted by Gasteiger charge is -2.41. The molecule has 8 heteroatoms. The van der Waals surface area contributed by atoms with E-state index < -0.39 is 33.2 Å². The van der Waals surface area contributed by atoms with Gasteiger partial charge in [0.05, 0.1) is 12.6 Å². The monoisotopic (exact) mass is 432 g/mol. The summed E-state index contributed by atoms with van der Waals surface area (Å²) in [6.07, 6.45) is 2.28. The van der Waals surface area contributed by atoms with Crippen molar-refractivity contribution in [3.63, 3.8) is 0 Å². The van der Waals surface area contributed by atoms with Gasteiger partial charge in [0.15, 0.2) is 0 Å². The summed E-state index contributed by atoms with van der Waals surface area (Å²) in [4.78, 5) is 27.6. The van der Waals surface area contributed by atoms with Crippen LogP contribution in [-0.2, 0) is 25.6 Å². The van der Waals surface area contributed by atoms with Gasteiger partial charge in [-0.25, -0.2) is 4.79 Å². The van der Waals surface area contributed by atoms with Gasteiger partial charge in [-0.15, -0.1) is 4.72 Å². The zero-order valence-electron chi connectivity index (χ0n) is 19.4. The molecule has 0 aromatic carbocycles. The summed E-state index contributed by atoms with van der Waals surface area (Å²) in [5, 5.41) is 0. The van der Waals surface area contributed by atoms with E-state index in [4.69, 9.17) is 9.47 Å². The number of carbonyl (C=O) groups excluding carboxylic acids is 2. The van der Waals surface area contributed by atoms with Gasteiger partial charge in [0, 0.05) is 24.5 Å². The minimum Gasteiger partial charge on any atom is -0.598 e. The lowest BCUT2D eigenvalue weighted by Crippen LogP contribution is -2.59. The van der Waals surface area contributed by atoms with Gasteiger partial charge in [0.25, 0.3) is 0 Å². The molecule has 170 valence electrons. The summed E-state index contributed by atoms with van der Waals surface area (Å²) in [5.41, 5.74) is -1.59. The van der Waals surface area contributed by atoms with Gasteiger partial charge in [-0.1, -0.05) is 13.3 Å². The Labute approximate surface area is 179 Å². The fourth-order valence-electron chi connectivity index (χ4n) is 3.49. The molecule has 7 nitrogen and oxygen atoms in total. The Morgan fingerprint density at radius 3 is 2.28 bits per heavy atom. The smallest absolute Gasteiger partial charge is 0.410 e. The SMILES string of the molecule is CCOC(=O)[C@@]1([C@@H](CC)N[S@+]([O-])C(C)(C)C)CCCCN(C(=O)OC(C)(C)C)C1. The fraction of sp³-hybridized carbons (Fsp3) is 0.905. The highest BCUT2D eigenvalue weighted by atomic mass is 32.2. The molecule has 1 saturated heterocycles. The lowest BCUT2D eigenvalue weighted by atomic mass is 9.75. The molecule has 1 fully saturated rings. The van der Waals surface area contributed by atoms with E-state index in [1.54, 1.807) is 11.8 Å². The normalized spacial score (nSPS) is 23.1. The van der Waals surface area contributed by atoms with Crippen LogP contribution in [-0.4, -0.2) is 57.6 Å². The quantitative estimate of drug-likeness (QED) is 0.507. The predicted octanol–water partition coefficient (Wildman–Crippen LogP) is 3.79. The molecule has 0 spiro atoms. The van der Waals surface area contributed by atoms with E-state index >= 15 is 0 Å². The summed E-state index contributed by atoms with van der Waals surface area (Å²) in [7, 11) is 0. The summed E-state index contributed by atoms with van der Waals surface area (Å²) in [5.74, 6) is -0.347. The molecule has 1 N–H and O–H groups in total. The third-order valence-corrected chi connectivity index (χ3v) is 6.60. The second kappa shape index (κ2) is 10.4. The molecular formula is C21H40N2O5S. The van der Waals surface area contributed by atoms with Crippen molar-refractivity contribution in [3.8, 4) is 0 Å². The van der Waals surface area contributed by atoms with E-state index in [1.165, 1.54) is 0 Å². The fourth-order valence-corrected chi connectivity index (χ4v) is 4.49. The van der Waals surface area contributed by atoms with Crippen molar-refractivity contribution >= 4 is 23.4 Å². The van der Waals surface area contributed by atoms with Crippen molar-refractivity contribution in [2.75, 3.05) is 19.7 Å². The predicted molar refractivity (Wildman–Crippen MR) is 116 cm³/mol. The topological polar surface area (TPSA) is 90.9 Å². The van der Waals surface area contributed by atoms with Crippen molar-refractivity contribution in [3.05, 3.63) is 0 Å². The Kier molecular flexibility index (Phi) is 9.30. The first-order valence-corrected chi connectivity index (χ1v) is 11.7. The van der Waals surface area contributed by atoms with Crippen LogP contribution in [0.15, 0.2) is 0 Å². The number of amides is 1. The highest BCUT2D eigenvalue weighted by Gasteiger charge is 2.51. The highest BCUT2D eigenvalue weighted by molar-refractivity contribution is 7.90. The maximum absolute atomic E-state index is 13.2. The first kappa shape index (κ1) is 26.0. The van der Waals surface area contributed by atoms with Crippen molar-refractivity contribution in [1.82, 2.24) is 9.62 Å². The minimum absolute atomic E-state index is 0.188. The average Bonchev–Trinajstić information content (AvgIpc) is 2.81. The number of likely N-dealkylation sites (tertiary alicyclic amines) is 1. The van der Waals surface area contributed by atoms with E-state index in [1.807, 2.05) is 48.5 Å². The number of nitrogens with one attached hydrogen (secondary N) is 1. The van der Waals surface area contributed by atoms with Gasteiger partial charge in [-0.3, -0.25) is 4.79 Å². The number of hydrogen-bond acceptors (Lipinski definition) is 6. The van der Waals surface area contributed by atoms with E-state index in [2.05, 4.69) is 4.72 Å². The first-order chi connectivity index (χ1) is 13.3. The second-order valence-electron chi connectivity index (χ2n) is 9.70. The van der Waals surface area contributed by atoms with Gasteiger partial charge >= 0.3 is 12.1 Å². The molecule has 29 heavy (non-hydrogen) atoms. The summed E-state index contributed by atoms with van der Waals surface area (Å²) < 4.78 is 26.6. The third kappa shape index (κ3) is 7.33. The number of rotatable bonds is 6. The van der Waals surface area contributed by atoms with Gasteiger partial charge in [-0.2, -0.15) is 0 Å². The Morgan fingerprint density at radius 2 is 1.79 bits per heavy atom. The van der Waals surface area contributed by atoms with Crippen LogP contribution >= 0.6 is 0 Å². The van der Waals surface area contributed by atoms with E-state index in [-0.39, 0.29) is 25.2 Å². The molecular weight excluding hydrogens is 392 g/mol. The first-order valence-electron chi connectivity index (χ1n) is 10.6. The zero-order chi connectivity index (χ0) is 22.5. The van der Waals surface area contributed by atoms with Crippen LogP contribution in [0.4, 0.5) is 4.79 Å². The van der Waals surface area contributed by atoms with Crippen molar-refractivity contribution in [1.29, 1.82) is 0 Å². The molecule has 1 rings (SSSR count). The molecule has 0 radical (unpaired) electrons. The Hall–Kier alpha value is -0.990. The van der Waals surface area contributed by atoms with Gasteiger partial charge in [-0.05, 0) is 67.7 Å². The van der Waals surface area contributed by atoms with Crippen LogP contribution in [0.2, 0.25) is 0 Å². The van der Waals surface area contributed by atoms with Crippen LogP contribution < -0.4 is 4.72 Å². The lowest BCUT2D eigenvalue weighted by molar-refractivity contribution is -0.158. The Bertz CT molecular complexity index is 558. The van der Waals surface area contributed by atoms with Crippen LogP contribution in [0.25, 0.3) is 0 Å². The molecule has 1 aliphatic heterocycles. The van der Waals surface area contributed by atoms with Crippen molar-refractivity contribution in [2.24, 2.45) is 5.41 Å². The largest absolute Gasteiger partial charge is 0.598 e. The van der Waals surface area contributed by atoms with Crippen LogP contribution in [0.1, 0.15) is 81.1 Å². The zero-order valence-corrected chi connectivity index (χ0v) is 20.2. The van der Waals surface area contributed by atoms with E-state index in [0.29, 0.717) is 19.4 Å². The summed E-state index contributed by atoms with van der Waals surface area (Å²) in [6, 6.07) is -0.385. The number of ether oxygens (including phenoxy) is 2. The molecule has 1 aliphatic rings. The van der Waals surface area contributed by atoms with Crippen LogP contribution in [0, 0.1) is 5.41 Å². The molecule has 0 aromatic rings. The van der Waals surface area contributed by atoms with Crippen molar-refractivity contribution < 1.29 is 23.6 Å². The average molecular weight is 433 g/mol. The standard InChI is InChI=1S/C21H40N2O5S/c1-9-16(22-29(26)20(6,7)8)21(17(24)27-10-2)13-11-12-14-23(15-21)18(25)28-19(3,4)5/h16,22H,9-15H2,1-8H3/t16-,21+,29-/m1/s1. The molecule has 1 amide bonds. The van der Waals surface area contributed by atoms with Gasteiger partial charge in [0.1, 0.15) is 15.8 Å². The second-order valence-corrected chi connectivity index (χ2v) is 11.7. The molecule has 0 unspecified atom stereocenters. The third-order valence-electron chi connectivity index (χ3n) is 4.99. The van der Waals surface area contributed by atoms with Crippen LogP contribution in [0.3, 0.4) is 0 Å². The maximum atomic E-state index is 13.2. The van der Waals surface area contributed by atoms with Crippen molar-refractivity contribution in [2.45, 2.75) is 97.5 Å².